The quantitative estimate of drug-likeness (QED) is 0.0819. The average Bonchev–Trinajstić information content (AvgIpc) is 1.53. The van der Waals surface area contributed by atoms with Crippen molar-refractivity contribution in [3.05, 3.63) is 23.9 Å². The number of nitrogens with one attached hydrogen (secondary N) is 2. The summed E-state index contributed by atoms with van der Waals surface area (Å²) in [6, 6.07) is 2.97. The highest BCUT2D eigenvalue weighted by atomic mass is 79.9. The monoisotopic (exact) mass is 2090 g/mol. The van der Waals surface area contributed by atoms with Gasteiger partial charge in [0.2, 0.25) is 0 Å². The molecule has 24 heteroatoms. The van der Waals surface area contributed by atoms with Crippen molar-refractivity contribution in [3.63, 3.8) is 0 Å². The number of aliphatic hydroxyl groups excluding tert-OH is 2. The van der Waals surface area contributed by atoms with E-state index in [-0.39, 0.29) is 130 Å². The summed E-state index contributed by atoms with van der Waals surface area (Å²) in [5, 5.41) is 22.4. The van der Waals surface area contributed by atoms with E-state index < -0.39 is 0 Å². The Kier molecular flexibility index (Phi) is 33.8. The predicted molar refractivity (Wildman–Crippen MR) is 541 cm³/mol. The van der Waals surface area contributed by atoms with Crippen LogP contribution in [0.3, 0.4) is 0 Å². The van der Waals surface area contributed by atoms with Crippen LogP contribution in [0.25, 0.3) is 0 Å². The SMILES string of the molecule is C.CC(=O)O[C@H]1[C@@H](N2CCCC2)CC2C3CC[C@H]4C=C[C@@H](N5CCOCC5)C[C@]4(C)C3CC[C@@]21C.CC(=O)O[C@H]1[C@@H](N2CCCC2)CC2C3CC[C@H]4CC=C(N5CCOCC5)C[C@]4(C)C3CC[C@@]21C.CC(=O)O[C@H]1[C@@H](N2CCCC2)CC2C3CC[C@H]4C[C@H](O)[C@@H]([NH+]5CCOCC5)C[C@]4(C)C3CC[C@@]21C.CC(=O)O[C@H]1[C@@H]([NH+]2CCCC2)CC2C3CC[C@H]4C[C@H](O)[C@@H](N5CCOCC5)C[C@]4(C)C3CC[C@@]21C.[Br-].[Br-]. The normalized spacial score (nSPS) is 48.5. The van der Waals surface area contributed by atoms with E-state index in [1.54, 1.807) is 43.2 Å². The Balaban J connectivity index is 0.000000123. The molecule has 0 bridgehead atoms. The lowest BCUT2D eigenvalue weighted by molar-refractivity contribution is -0.938. The van der Waals surface area contributed by atoms with Crippen molar-refractivity contribution < 1.29 is 111 Å². The second-order valence-electron chi connectivity index (χ2n) is 53.3. The third-order valence-corrected chi connectivity index (χ3v) is 47.5. The van der Waals surface area contributed by atoms with Gasteiger partial charge in [0, 0.05) is 150 Å². The largest absolute Gasteiger partial charge is 1.00 e. The first-order chi connectivity index (χ1) is 66.4. The molecular formula is C117H194Br2N8O14. The van der Waals surface area contributed by atoms with Gasteiger partial charge in [-0.15, -0.1) is 0 Å². The number of likely N-dealkylation sites (tertiary alicyclic amines) is 4. The zero-order chi connectivity index (χ0) is 95.7. The van der Waals surface area contributed by atoms with Crippen LogP contribution in [0.15, 0.2) is 23.9 Å². The molecular weight excluding hydrogens is 1900 g/mol. The van der Waals surface area contributed by atoms with Gasteiger partial charge in [0.15, 0.2) is 6.10 Å². The Morgan fingerprint density at radius 3 is 1.17 bits per heavy atom. The molecule has 16 aliphatic carbocycles. The van der Waals surface area contributed by atoms with Crippen LogP contribution in [0, 0.1) is 138 Å². The van der Waals surface area contributed by atoms with Crippen LogP contribution in [0.4, 0.5) is 0 Å². The van der Waals surface area contributed by atoms with Gasteiger partial charge >= 0.3 is 23.9 Å². The summed E-state index contributed by atoms with van der Waals surface area (Å²) >= 11 is 0. The standard InChI is InChI=1S/2C29H48N2O4.2C29H46N2O3.CH4.2BrH/c2*1-19(32)35-27-24(30-10-4-5-11-30)17-23-21-7-6-20-16-26(33)25(31-12-14-34-15-13-31)18-29(20,3)22(21)8-9-28(23,27)2;2*1-20(32)34-27-26(31-12-4-5-13-31)18-25-23-9-7-21-6-8-22(30-14-16-33-17-15-30)19-29(21,3)24(23)10-11-28(25,27)2;;;/h2*20-27,33H,4-18H2,1-3H3;8,21,23-27H,4-7,9-19H2,1-3H3;6,8,21-27H,4-5,7,9-19H2,1-3H3;1H4;2*1H/t2*20-,21?,22?,23?,24-,25-,26-,27-,28-,29-;21-,23?,24?,25?,26+,27+,28+,29+;21-,22-,23?,24?,25?,26+,27+,28+,29+;;;/m0011.../s1. The van der Waals surface area contributed by atoms with Crippen LogP contribution in [0.1, 0.15) is 315 Å². The van der Waals surface area contributed by atoms with Gasteiger partial charge in [-0.3, -0.25) is 43.7 Å². The predicted octanol–water partition coefficient (Wildman–Crippen LogP) is 8.60. The molecule has 37 atom stereocenters. The molecule has 141 heavy (non-hydrogen) atoms. The summed E-state index contributed by atoms with van der Waals surface area (Å²) in [6.07, 6.45) is 51.6. The van der Waals surface area contributed by atoms with Crippen LogP contribution in [0.2, 0.25) is 0 Å². The molecule has 8 saturated heterocycles. The van der Waals surface area contributed by atoms with Crippen LogP contribution >= 0.6 is 0 Å². The van der Waals surface area contributed by atoms with Crippen molar-refractivity contribution in [1.29, 1.82) is 0 Å². The number of fused-ring (bicyclic) bond motifs is 20. The van der Waals surface area contributed by atoms with Gasteiger partial charge in [0.05, 0.1) is 72.0 Å². The zero-order valence-electron chi connectivity index (χ0n) is 88.9. The summed E-state index contributed by atoms with van der Waals surface area (Å²) in [5.41, 5.74) is 3.54. The van der Waals surface area contributed by atoms with E-state index in [0.717, 1.165) is 184 Å². The van der Waals surface area contributed by atoms with Crippen molar-refractivity contribution in [3.8, 4) is 0 Å². The van der Waals surface area contributed by atoms with Crippen LogP contribution in [0.5, 0.6) is 0 Å². The van der Waals surface area contributed by atoms with Crippen molar-refractivity contribution in [2.24, 2.45) is 138 Å². The first-order valence-electron chi connectivity index (χ1n) is 58.3. The lowest BCUT2D eigenvalue weighted by Crippen LogP contribution is -3.19. The number of halogens is 2. The summed E-state index contributed by atoms with van der Waals surface area (Å²) in [4.78, 5) is 68.1. The van der Waals surface area contributed by atoms with Gasteiger partial charge in [-0.25, -0.2) is 0 Å². The average molecular weight is 2100 g/mol. The van der Waals surface area contributed by atoms with Gasteiger partial charge in [-0.1, -0.05) is 81.0 Å². The molecule has 14 saturated carbocycles. The number of esters is 4. The molecule has 24 aliphatic rings. The highest BCUT2D eigenvalue weighted by Gasteiger charge is 2.72. The second kappa shape index (κ2) is 44.0. The first-order valence-corrected chi connectivity index (χ1v) is 58.3. The molecule has 22 nitrogen and oxygen atoms in total. The molecule has 0 aromatic carbocycles. The number of aliphatic hydroxyl groups is 2. The molecule has 0 aromatic heterocycles. The molecule has 0 spiro atoms. The minimum atomic E-state index is -0.195. The number of hydrogen-bond acceptors (Lipinski definition) is 20. The fourth-order valence-corrected chi connectivity index (χ4v) is 40.7. The van der Waals surface area contributed by atoms with E-state index in [2.05, 4.69) is 103 Å². The Labute approximate surface area is 872 Å². The van der Waals surface area contributed by atoms with E-state index in [4.69, 9.17) is 37.9 Å². The van der Waals surface area contributed by atoms with Crippen molar-refractivity contribution >= 4 is 23.9 Å². The number of carbonyl (C=O) groups is 4. The van der Waals surface area contributed by atoms with Crippen LogP contribution < -0.4 is 43.8 Å². The molecule has 4 N–H and O–H groups in total. The van der Waals surface area contributed by atoms with Crippen LogP contribution in [-0.2, 0) is 57.1 Å². The Morgan fingerprint density at radius 1 is 0.340 bits per heavy atom. The second-order valence-corrected chi connectivity index (χ2v) is 53.3. The van der Waals surface area contributed by atoms with Gasteiger partial charge in [-0.2, -0.15) is 0 Å². The number of nitrogens with zero attached hydrogens (tertiary/aromatic N) is 6. The molecule has 24 rings (SSSR count). The number of hydrogen-bond donors (Lipinski definition) is 4. The number of carbonyl (C=O) groups excluding carboxylic acids is 4. The third kappa shape index (κ3) is 20.0. The maximum absolute atomic E-state index is 12.2. The van der Waals surface area contributed by atoms with E-state index in [0.29, 0.717) is 93.4 Å². The zero-order valence-corrected chi connectivity index (χ0v) is 92.1. The van der Waals surface area contributed by atoms with Gasteiger partial charge in [-0.05, 0) is 355 Å². The molecule has 12 unspecified atom stereocenters. The fourth-order valence-electron chi connectivity index (χ4n) is 40.7. The smallest absolute Gasteiger partial charge is 0.303 e. The highest BCUT2D eigenvalue weighted by molar-refractivity contribution is 5.67. The lowest BCUT2D eigenvalue weighted by atomic mass is 9.44. The molecule has 22 fully saturated rings. The van der Waals surface area contributed by atoms with Gasteiger partial charge in [0.25, 0.3) is 0 Å². The van der Waals surface area contributed by atoms with Gasteiger partial charge < -0.3 is 96.8 Å². The topological polar surface area (TPSA) is 211 Å². The number of allylic oxidation sites excluding steroid dienone is 3. The lowest BCUT2D eigenvalue weighted by Gasteiger charge is -2.62. The number of ether oxygens (including phenoxy) is 8. The van der Waals surface area contributed by atoms with Crippen LogP contribution in [-0.4, -0.2) is 300 Å². The molecule has 0 radical (unpaired) electrons. The van der Waals surface area contributed by atoms with E-state index >= 15 is 0 Å². The van der Waals surface area contributed by atoms with Crippen molar-refractivity contribution in [2.45, 2.75) is 394 Å². The minimum Gasteiger partial charge on any atom is -1.00 e. The number of quaternary nitrogens is 2. The molecule has 800 valence electrons. The maximum atomic E-state index is 12.2. The molecule has 0 aromatic rings. The Bertz CT molecular complexity index is 4070. The summed E-state index contributed by atoms with van der Waals surface area (Å²) in [6.45, 7) is 51.5. The Morgan fingerprint density at radius 2 is 0.709 bits per heavy atom. The minimum absolute atomic E-state index is 0. The van der Waals surface area contributed by atoms with Crippen molar-refractivity contribution in [1.82, 2.24) is 29.4 Å². The van der Waals surface area contributed by atoms with E-state index in [9.17, 15) is 29.4 Å². The highest BCUT2D eigenvalue weighted by Crippen LogP contribution is 2.73. The van der Waals surface area contributed by atoms with Gasteiger partial charge in [0.1, 0.15) is 49.6 Å². The fraction of sp³-hybridized carbons (Fsp3) is 0.932. The Hall–Kier alpha value is -2.40. The third-order valence-electron chi connectivity index (χ3n) is 47.5. The number of morpholine rings is 4. The molecule has 8 aliphatic heterocycles. The summed E-state index contributed by atoms with van der Waals surface area (Å²) < 4.78 is 47.4. The summed E-state index contributed by atoms with van der Waals surface area (Å²) in [7, 11) is 0. The number of rotatable bonds is 12. The summed E-state index contributed by atoms with van der Waals surface area (Å²) in [5.74, 6) is 11.3. The first kappa shape index (κ1) is 108. The van der Waals surface area contributed by atoms with E-state index in [1.807, 2.05) is 0 Å². The maximum Gasteiger partial charge on any atom is 0.303 e. The molecule has 0 amide bonds. The van der Waals surface area contributed by atoms with Crippen molar-refractivity contribution in [2.75, 3.05) is 158 Å². The van der Waals surface area contributed by atoms with E-state index in [1.165, 1.54) is 258 Å². The molecule has 8 heterocycles.